The van der Waals surface area contributed by atoms with E-state index < -0.39 is 21.9 Å². The number of nitrogens with zero attached hydrogens (tertiary/aromatic N) is 2. The third-order valence-electron chi connectivity index (χ3n) is 6.31. The Labute approximate surface area is 195 Å². The van der Waals surface area contributed by atoms with Gasteiger partial charge in [0, 0.05) is 32.2 Å². The summed E-state index contributed by atoms with van der Waals surface area (Å²) in [4.78, 5) is 14.9. The SMILES string of the molecule is CC(C)COc1cc(F)c(C(=O)NS(=O)(=O)N2CCC(OC3CN(C)C3)CC2)cc1C1CC1. The van der Waals surface area contributed by atoms with Gasteiger partial charge in [-0.15, -0.1) is 0 Å². The van der Waals surface area contributed by atoms with Gasteiger partial charge >= 0.3 is 10.2 Å². The molecule has 184 valence electrons. The van der Waals surface area contributed by atoms with E-state index in [1.165, 1.54) is 16.4 Å². The summed E-state index contributed by atoms with van der Waals surface area (Å²) in [5, 5.41) is 0. The van der Waals surface area contributed by atoms with Crippen molar-refractivity contribution >= 4 is 16.1 Å². The molecule has 3 aliphatic rings. The molecule has 2 heterocycles. The normalized spacial score (nSPS) is 21.2. The molecule has 1 aromatic carbocycles. The first kappa shape index (κ1) is 24.4. The molecule has 4 rings (SSSR count). The maximum atomic E-state index is 14.8. The quantitative estimate of drug-likeness (QED) is 0.581. The van der Waals surface area contributed by atoms with Gasteiger partial charge in [-0.05, 0) is 56.2 Å². The molecular formula is C23H34FN3O5S. The Balaban J connectivity index is 1.38. The van der Waals surface area contributed by atoms with E-state index in [0.29, 0.717) is 25.2 Å². The molecule has 1 amide bonds. The second kappa shape index (κ2) is 9.85. The van der Waals surface area contributed by atoms with Crippen molar-refractivity contribution in [1.82, 2.24) is 13.9 Å². The van der Waals surface area contributed by atoms with Crippen molar-refractivity contribution in [2.75, 3.05) is 39.8 Å². The van der Waals surface area contributed by atoms with Gasteiger partial charge in [-0.25, -0.2) is 9.11 Å². The van der Waals surface area contributed by atoms with E-state index in [2.05, 4.69) is 9.62 Å². The molecule has 0 spiro atoms. The summed E-state index contributed by atoms with van der Waals surface area (Å²) in [5.74, 6) is -0.824. The summed E-state index contributed by atoms with van der Waals surface area (Å²) in [7, 11) is -2.05. The van der Waals surface area contributed by atoms with Crippen molar-refractivity contribution in [1.29, 1.82) is 0 Å². The Morgan fingerprint density at radius 1 is 1.15 bits per heavy atom. The zero-order valence-electron chi connectivity index (χ0n) is 19.5. The van der Waals surface area contributed by atoms with Crippen LogP contribution in [-0.2, 0) is 14.9 Å². The van der Waals surface area contributed by atoms with Crippen LogP contribution in [0.25, 0.3) is 0 Å². The van der Waals surface area contributed by atoms with E-state index in [-0.39, 0.29) is 42.7 Å². The largest absolute Gasteiger partial charge is 0.493 e. The fraction of sp³-hybridized carbons (Fsp3) is 0.696. The average molecular weight is 484 g/mol. The molecule has 33 heavy (non-hydrogen) atoms. The minimum Gasteiger partial charge on any atom is -0.493 e. The van der Waals surface area contributed by atoms with Crippen LogP contribution in [0.5, 0.6) is 5.75 Å². The summed E-state index contributed by atoms with van der Waals surface area (Å²) >= 11 is 0. The van der Waals surface area contributed by atoms with Gasteiger partial charge in [0.15, 0.2) is 0 Å². The number of likely N-dealkylation sites (N-methyl/N-ethyl adjacent to an activating group) is 1. The molecule has 1 aliphatic carbocycles. The lowest BCUT2D eigenvalue weighted by molar-refractivity contribution is -0.0957. The number of ether oxygens (including phenoxy) is 2. The first-order valence-corrected chi connectivity index (χ1v) is 13.2. The highest BCUT2D eigenvalue weighted by atomic mass is 32.2. The monoisotopic (exact) mass is 483 g/mol. The molecule has 2 aliphatic heterocycles. The fourth-order valence-electron chi connectivity index (χ4n) is 4.29. The minimum atomic E-state index is -4.08. The van der Waals surface area contributed by atoms with E-state index in [1.54, 1.807) is 0 Å². The summed E-state index contributed by atoms with van der Waals surface area (Å²) in [5.41, 5.74) is 0.490. The van der Waals surface area contributed by atoms with Crippen LogP contribution in [0.3, 0.4) is 0 Å². The fourth-order valence-corrected chi connectivity index (χ4v) is 5.45. The minimum absolute atomic E-state index is 0.0165. The Morgan fingerprint density at radius 3 is 2.39 bits per heavy atom. The molecule has 0 unspecified atom stereocenters. The molecule has 3 fully saturated rings. The van der Waals surface area contributed by atoms with E-state index >= 15 is 0 Å². The molecule has 0 atom stereocenters. The molecule has 10 heteroatoms. The first-order valence-electron chi connectivity index (χ1n) is 11.7. The summed E-state index contributed by atoms with van der Waals surface area (Å²) < 4.78 is 55.4. The number of halogens is 1. The van der Waals surface area contributed by atoms with E-state index in [9.17, 15) is 17.6 Å². The van der Waals surface area contributed by atoms with Crippen LogP contribution >= 0.6 is 0 Å². The van der Waals surface area contributed by atoms with E-state index in [4.69, 9.17) is 9.47 Å². The summed E-state index contributed by atoms with van der Waals surface area (Å²) in [6.07, 6.45) is 3.24. The molecule has 0 bridgehead atoms. The number of carbonyl (C=O) groups is 1. The van der Waals surface area contributed by atoms with Gasteiger partial charge in [-0.3, -0.25) is 4.79 Å². The van der Waals surface area contributed by atoms with Crippen LogP contribution in [0, 0.1) is 11.7 Å². The van der Waals surface area contributed by atoms with Crippen molar-refractivity contribution in [3.8, 4) is 5.75 Å². The van der Waals surface area contributed by atoms with Gasteiger partial charge in [0.1, 0.15) is 11.6 Å². The van der Waals surface area contributed by atoms with Crippen molar-refractivity contribution < 1.29 is 27.1 Å². The van der Waals surface area contributed by atoms with Crippen LogP contribution in [0.4, 0.5) is 4.39 Å². The van der Waals surface area contributed by atoms with Gasteiger partial charge in [0.05, 0.1) is 24.4 Å². The smallest absolute Gasteiger partial charge is 0.304 e. The summed E-state index contributed by atoms with van der Waals surface area (Å²) in [6, 6.07) is 2.65. The molecule has 1 aromatic rings. The maximum absolute atomic E-state index is 14.8. The highest BCUT2D eigenvalue weighted by Gasteiger charge is 2.34. The lowest BCUT2D eigenvalue weighted by Crippen LogP contribution is -2.53. The topological polar surface area (TPSA) is 88.2 Å². The number of piperidine rings is 1. The van der Waals surface area contributed by atoms with E-state index in [1.807, 2.05) is 20.9 Å². The number of amides is 1. The predicted molar refractivity (Wildman–Crippen MR) is 122 cm³/mol. The van der Waals surface area contributed by atoms with Crippen molar-refractivity contribution in [3.05, 3.63) is 29.1 Å². The first-order chi connectivity index (χ1) is 15.6. The highest BCUT2D eigenvalue weighted by Crippen LogP contribution is 2.45. The third kappa shape index (κ3) is 6.03. The Bertz CT molecular complexity index is 969. The van der Waals surface area contributed by atoms with Crippen LogP contribution in [0.1, 0.15) is 61.4 Å². The molecule has 0 aromatic heterocycles. The van der Waals surface area contributed by atoms with Crippen LogP contribution in [-0.4, -0.2) is 75.6 Å². The third-order valence-corrected chi connectivity index (χ3v) is 7.80. The van der Waals surface area contributed by atoms with Crippen molar-refractivity contribution in [2.45, 2.75) is 57.7 Å². The number of benzene rings is 1. The molecule has 1 N–H and O–H groups in total. The highest BCUT2D eigenvalue weighted by molar-refractivity contribution is 7.87. The molecule has 0 radical (unpaired) electrons. The number of hydrogen-bond donors (Lipinski definition) is 1. The van der Waals surface area contributed by atoms with Gasteiger partial charge in [0.2, 0.25) is 0 Å². The van der Waals surface area contributed by atoms with Gasteiger partial charge in [0.25, 0.3) is 5.91 Å². The van der Waals surface area contributed by atoms with Gasteiger partial charge in [-0.1, -0.05) is 13.8 Å². The van der Waals surface area contributed by atoms with Gasteiger partial charge < -0.3 is 14.4 Å². The molecule has 8 nitrogen and oxygen atoms in total. The van der Waals surface area contributed by atoms with E-state index in [0.717, 1.165) is 31.5 Å². The zero-order chi connectivity index (χ0) is 23.8. The predicted octanol–water partition coefficient (Wildman–Crippen LogP) is 2.51. The molecule has 1 saturated carbocycles. The number of carbonyl (C=O) groups excluding carboxylic acids is 1. The van der Waals surface area contributed by atoms with Crippen molar-refractivity contribution in [3.63, 3.8) is 0 Å². The standard InChI is InChI=1S/C23H34FN3O5S/c1-15(2)14-31-22-11-21(24)20(10-19(22)16-4-5-16)23(28)25-33(29,30)27-8-6-17(7-9-27)32-18-12-26(3)13-18/h10-11,15-18H,4-9,12-14H2,1-3H3,(H,25,28). The lowest BCUT2D eigenvalue weighted by atomic mass is 10.0. The van der Waals surface area contributed by atoms with Gasteiger partial charge in [-0.2, -0.15) is 12.7 Å². The maximum Gasteiger partial charge on any atom is 0.304 e. The summed E-state index contributed by atoms with van der Waals surface area (Å²) in [6.45, 7) is 6.74. The molecular weight excluding hydrogens is 449 g/mol. The van der Waals surface area contributed by atoms with Crippen LogP contribution in [0.2, 0.25) is 0 Å². The lowest BCUT2D eigenvalue weighted by Gasteiger charge is -2.40. The number of rotatable bonds is 9. The number of likely N-dealkylation sites (tertiary alicyclic amines) is 1. The Morgan fingerprint density at radius 2 is 1.82 bits per heavy atom. The Hall–Kier alpha value is -1.75. The van der Waals surface area contributed by atoms with Crippen LogP contribution in [0.15, 0.2) is 12.1 Å². The zero-order valence-corrected chi connectivity index (χ0v) is 20.4. The number of hydrogen-bond acceptors (Lipinski definition) is 6. The number of nitrogens with one attached hydrogen (secondary N) is 1. The average Bonchev–Trinajstić information content (AvgIpc) is 3.56. The second-order valence-corrected chi connectivity index (χ2v) is 11.5. The van der Waals surface area contributed by atoms with Crippen molar-refractivity contribution in [2.24, 2.45) is 5.92 Å². The second-order valence-electron chi connectivity index (χ2n) is 9.86. The van der Waals surface area contributed by atoms with Crippen LogP contribution < -0.4 is 9.46 Å². The molecule has 2 saturated heterocycles. The Kier molecular flexibility index (Phi) is 7.28.